The summed E-state index contributed by atoms with van der Waals surface area (Å²) in [6.45, 7) is 6.67. The number of carbonyl (C=O) groups excluding carboxylic acids is 1. The van der Waals surface area contributed by atoms with Gasteiger partial charge in [0.25, 0.3) is 0 Å². The van der Waals surface area contributed by atoms with Crippen LogP contribution in [0.4, 0.5) is 0 Å². The Morgan fingerprint density at radius 1 is 1.17 bits per heavy atom. The summed E-state index contributed by atoms with van der Waals surface area (Å²) in [4.78, 5) is 15.1. The molecule has 158 valence electrons. The van der Waals surface area contributed by atoms with Crippen molar-refractivity contribution in [3.05, 3.63) is 70.0 Å². The van der Waals surface area contributed by atoms with Crippen molar-refractivity contribution in [3.63, 3.8) is 0 Å². The molecule has 6 nitrogen and oxygen atoms in total. The summed E-state index contributed by atoms with van der Waals surface area (Å²) in [5, 5.41) is 10.8. The first-order chi connectivity index (χ1) is 14.5. The predicted molar refractivity (Wildman–Crippen MR) is 123 cm³/mol. The van der Waals surface area contributed by atoms with Crippen molar-refractivity contribution >= 4 is 29.7 Å². The zero-order valence-electron chi connectivity index (χ0n) is 17.1. The molecule has 1 unspecified atom stereocenters. The molecule has 0 fully saturated rings. The van der Waals surface area contributed by atoms with E-state index in [1.54, 1.807) is 16.7 Å². The summed E-state index contributed by atoms with van der Waals surface area (Å²) in [6, 6.07) is 17.6. The molecular formula is C22H26ClN5OS. The average molecular weight is 444 g/mol. The number of halogens is 1. The Hall–Kier alpha value is -2.48. The molecule has 0 aliphatic rings. The van der Waals surface area contributed by atoms with E-state index < -0.39 is 0 Å². The van der Waals surface area contributed by atoms with Crippen LogP contribution in [-0.2, 0) is 11.3 Å². The fourth-order valence-electron chi connectivity index (χ4n) is 3.49. The number of nitrogens with zero attached hydrogens (tertiary/aromatic N) is 3. The molecule has 0 spiro atoms. The van der Waals surface area contributed by atoms with Gasteiger partial charge in [-0.3, -0.25) is 19.4 Å². The highest BCUT2D eigenvalue weighted by Crippen LogP contribution is 2.21. The standard InChI is InChI=1S/C22H26ClN5OS/c1-3-27(4-2)19(16-8-6-5-7-9-16)14-24-20(29)15-28-21(25-26-22(28)30)17-10-12-18(23)13-11-17/h5-13,19H,3-4,14-15H2,1-2H3,(H,24,29)(H,26,30). The molecule has 0 aliphatic heterocycles. The zero-order chi connectivity index (χ0) is 21.5. The Balaban J connectivity index is 1.73. The summed E-state index contributed by atoms with van der Waals surface area (Å²) in [7, 11) is 0. The molecule has 2 N–H and O–H groups in total. The number of carbonyl (C=O) groups is 1. The molecule has 1 aromatic heterocycles. The van der Waals surface area contributed by atoms with Crippen LogP contribution in [-0.4, -0.2) is 45.2 Å². The minimum atomic E-state index is -0.115. The first-order valence-electron chi connectivity index (χ1n) is 10.00. The SMILES string of the molecule is CCN(CC)C(CNC(=O)Cn1c(-c2ccc(Cl)cc2)n[nH]c1=S)c1ccccc1. The van der Waals surface area contributed by atoms with Gasteiger partial charge >= 0.3 is 0 Å². The van der Waals surface area contributed by atoms with Crippen LogP contribution in [0.5, 0.6) is 0 Å². The highest BCUT2D eigenvalue weighted by Gasteiger charge is 2.19. The molecule has 0 aliphatic carbocycles. The molecule has 3 rings (SSSR count). The Labute approximate surface area is 186 Å². The van der Waals surface area contributed by atoms with Gasteiger partial charge in [0.2, 0.25) is 5.91 Å². The van der Waals surface area contributed by atoms with E-state index in [1.165, 1.54) is 5.56 Å². The fraction of sp³-hybridized carbons (Fsp3) is 0.318. The van der Waals surface area contributed by atoms with Crippen molar-refractivity contribution in [2.45, 2.75) is 26.4 Å². The summed E-state index contributed by atoms with van der Waals surface area (Å²) in [5.74, 6) is 0.492. The minimum Gasteiger partial charge on any atom is -0.353 e. The quantitative estimate of drug-likeness (QED) is 0.479. The van der Waals surface area contributed by atoms with Crippen LogP contribution in [0.15, 0.2) is 54.6 Å². The maximum absolute atomic E-state index is 12.8. The van der Waals surface area contributed by atoms with Crippen LogP contribution in [0.25, 0.3) is 11.4 Å². The molecule has 1 atom stereocenters. The van der Waals surface area contributed by atoms with Crippen LogP contribution in [0.2, 0.25) is 5.02 Å². The number of aromatic nitrogens is 3. The van der Waals surface area contributed by atoms with Gasteiger partial charge in [-0.15, -0.1) is 0 Å². The number of H-pyrrole nitrogens is 1. The van der Waals surface area contributed by atoms with E-state index >= 15 is 0 Å². The number of amides is 1. The van der Waals surface area contributed by atoms with Crippen molar-refractivity contribution < 1.29 is 4.79 Å². The summed E-state index contributed by atoms with van der Waals surface area (Å²) in [6.07, 6.45) is 0. The summed E-state index contributed by atoms with van der Waals surface area (Å²) in [5.41, 5.74) is 2.02. The molecule has 1 amide bonds. The van der Waals surface area contributed by atoms with E-state index in [9.17, 15) is 4.79 Å². The van der Waals surface area contributed by atoms with Gasteiger partial charge in [-0.25, -0.2) is 0 Å². The van der Waals surface area contributed by atoms with Gasteiger partial charge < -0.3 is 5.32 Å². The molecule has 1 heterocycles. The molecule has 0 saturated heterocycles. The fourth-order valence-corrected chi connectivity index (χ4v) is 3.81. The van der Waals surface area contributed by atoms with Gasteiger partial charge in [-0.05, 0) is 55.1 Å². The van der Waals surface area contributed by atoms with Gasteiger partial charge in [0, 0.05) is 17.1 Å². The van der Waals surface area contributed by atoms with Gasteiger partial charge in [0.05, 0.1) is 6.04 Å². The zero-order valence-corrected chi connectivity index (χ0v) is 18.7. The Bertz CT molecular complexity index is 1010. The Kier molecular flexibility index (Phi) is 7.79. The molecule has 0 radical (unpaired) electrons. The lowest BCUT2D eigenvalue weighted by molar-refractivity contribution is -0.121. The molecule has 2 aromatic carbocycles. The van der Waals surface area contributed by atoms with Crippen LogP contribution in [0.1, 0.15) is 25.5 Å². The Morgan fingerprint density at radius 2 is 1.83 bits per heavy atom. The normalized spacial score (nSPS) is 12.1. The van der Waals surface area contributed by atoms with Gasteiger partial charge in [-0.1, -0.05) is 55.8 Å². The Morgan fingerprint density at radius 3 is 2.47 bits per heavy atom. The van der Waals surface area contributed by atoms with Crippen molar-refractivity contribution in [2.75, 3.05) is 19.6 Å². The van der Waals surface area contributed by atoms with E-state index in [0.717, 1.165) is 18.7 Å². The molecule has 30 heavy (non-hydrogen) atoms. The summed E-state index contributed by atoms with van der Waals surface area (Å²) < 4.78 is 2.10. The van der Waals surface area contributed by atoms with Crippen molar-refractivity contribution in [2.24, 2.45) is 0 Å². The number of rotatable bonds is 9. The highest BCUT2D eigenvalue weighted by atomic mass is 35.5. The molecule has 8 heteroatoms. The number of nitrogens with one attached hydrogen (secondary N) is 2. The van der Waals surface area contributed by atoms with E-state index in [0.29, 0.717) is 22.2 Å². The van der Waals surface area contributed by atoms with Gasteiger partial charge in [-0.2, -0.15) is 5.10 Å². The van der Waals surface area contributed by atoms with Crippen molar-refractivity contribution in [1.82, 2.24) is 25.0 Å². The number of hydrogen-bond donors (Lipinski definition) is 2. The lowest BCUT2D eigenvalue weighted by atomic mass is 10.1. The van der Waals surface area contributed by atoms with Crippen LogP contribution in [0.3, 0.4) is 0 Å². The van der Waals surface area contributed by atoms with E-state index in [2.05, 4.69) is 46.4 Å². The largest absolute Gasteiger partial charge is 0.353 e. The maximum Gasteiger partial charge on any atom is 0.240 e. The second kappa shape index (κ2) is 10.5. The van der Waals surface area contributed by atoms with Crippen LogP contribution >= 0.6 is 23.8 Å². The molecular weight excluding hydrogens is 418 g/mol. The minimum absolute atomic E-state index is 0.0903. The number of hydrogen-bond acceptors (Lipinski definition) is 4. The van der Waals surface area contributed by atoms with E-state index in [1.807, 2.05) is 30.3 Å². The predicted octanol–water partition coefficient (Wildman–Crippen LogP) is 4.46. The monoisotopic (exact) mass is 443 g/mol. The third-order valence-corrected chi connectivity index (χ3v) is 5.66. The topological polar surface area (TPSA) is 66.0 Å². The van der Waals surface area contributed by atoms with Gasteiger partial charge in [0.1, 0.15) is 6.54 Å². The van der Waals surface area contributed by atoms with Crippen LogP contribution in [0, 0.1) is 4.77 Å². The summed E-state index contributed by atoms with van der Waals surface area (Å²) >= 11 is 11.3. The average Bonchev–Trinajstić information content (AvgIpc) is 3.12. The molecule has 0 bridgehead atoms. The smallest absolute Gasteiger partial charge is 0.240 e. The van der Waals surface area contributed by atoms with Crippen LogP contribution < -0.4 is 5.32 Å². The molecule has 0 saturated carbocycles. The lowest BCUT2D eigenvalue weighted by Crippen LogP contribution is -2.39. The first kappa shape index (κ1) is 22.2. The number of benzene rings is 2. The number of likely N-dealkylation sites (N-methyl/N-ethyl adjacent to an activating group) is 1. The first-order valence-corrected chi connectivity index (χ1v) is 10.8. The highest BCUT2D eigenvalue weighted by molar-refractivity contribution is 7.71. The lowest BCUT2D eigenvalue weighted by Gasteiger charge is -2.30. The maximum atomic E-state index is 12.8. The third-order valence-electron chi connectivity index (χ3n) is 5.09. The van der Waals surface area contributed by atoms with E-state index in [4.69, 9.17) is 23.8 Å². The van der Waals surface area contributed by atoms with Crippen molar-refractivity contribution in [3.8, 4) is 11.4 Å². The second-order valence-corrected chi connectivity index (χ2v) is 7.72. The van der Waals surface area contributed by atoms with E-state index in [-0.39, 0.29) is 18.5 Å². The molecule has 3 aromatic rings. The number of aromatic amines is 1. The second-order valence-electron chi connectivity index (χ2n) is 6.90. The third kappa shape index (κ3) is 5.36. The van der Waals surface area contributed by atoms with Gasteiger partial charge in [0.15, 0.2) is 10.6 Å². The van der Waals surface area contributed by atoms with Crippen molar-refractivity contribution in [1.29, 1.82) is 0 Å².